The molecule has 11 nitrogen and oxygen atoms in total. The Morgan fingerprint density at radius 2 is 1.68 bits per heavy atom. The molecule has 2 heterocycles. The molecule has 0 aliphatic carbocycles. The Hall–Kier alpha value is -2.90. The average molecular weight is 577 g/mol. The fourth-order valence-corrected chi connectivity index (χ4v) is 4.70. The first-order chi connectivity index (χ1) is 19.0. The molecule has 4 rings (SSSR count). The zero-order valence-electron chi connectivity index (χ0n) is 22.1. The van der Waals surface area contributed by atoms with Crippen molar-refractivity contribution in [1.29, 1.82) is 0 Å². The molecular weight excluding hydrogens is 542 g/mol. The van der Waals surface area contributed by atoms with Gasteiger partial charge in [-0.2, -0.15) is 5.10 Å². The number of carboxylic acid groups (broad SMARTS) is 1. The number of hydrogen-bond acceptors (Lipinski definition) is 10. The van der Waals surface area contributed by atoms with Crippen LogP contribution >= 0.6 is 11.6 Å². The Kier molecular flexibility index (Phi) is 11.6. The summed E-state index contributed by atoms with van der Waals surface area (Å²) in [5.41, 5.74) is 2.12. The number of benzene rings is 2. The molecule has 1 saturated heterocycles. The zero-order chi connectivity index (χ0) is 29.4. The summed E-state index contributed by atoms with van der Waals surface area (Å²) in [5, 5.41) is 60.7. The van der Waals surface area contributed by atoms with Gasteiger partial charge in [-0.25, -0.2) is 4.68 Å². The Balaban J connectivity index is 0.000000289. The van der Waals surface area contributed by atoms with E-state index in [1.165, 1.54) is 0 Å². The fourth-order valence-electron chi connectivity index (χ4n) is 4.58. The van der Waals surface area contributed by atoms with E-state index in [-0.39, 0.29) is 11.6 Å². The number of hydrogen-bond donors (Lipinski definition) is 5. The fraction of sp³-hybridized carbons (Fsp3) is 0.464. The molecule has 5 atom stereocenters. The normalized spacial score (nSPS) is 19.1. The highest BCUT2D eigenvalue weighted by Gasteiger charge is 2.30. The van der Waals surface area contributed by atoms with E-state index < -0.39 is 37.0 Å². The summed E-state index contributed by atoms with van der Waals surface area (Å²) in [6.07, 6.45) is -4.35. The number of aliphatic hydroxyl groups excluding tert-OH is 5. The smallest absolute Gasteiger partial charge is 0.274 e. The van der Waals surface area contributed by atoms with Crippen molar-refractivity contribution >= 4 is 28.3 Å². The van der Waals surface area contributed by atoms with Gasteiger partial charge >= 0.3 is 0 Å². The lowest BCUT2D eigenvalue weighted by atomic mass is 10.0. The van der Waals surface area contributed by atoms with Crippen LogP contribution in [0.25, 0.3) is 10.8 Å². The van der Waals surface area contributed by atoms with E-state index in [1.54, 1.807) is 4.68 Å². The predicted molar refractivity (Wildman–Crippen MR) is 147 cm³/mol. The van der Waals surface area contributed by atoms with Gasteiger partial charge in [0.2, 0.25) is 0 Å². The highest BCUT2D eigenvalue weighted by molar-refractivity contribution is 6.30. The molecule has 1 unspecified atom stereocenters. The van der Waals surface area contributed by atoms with Crippen LogP contribution in [0.5, 0.6) is 0 Å². The summed E-state index contributed by atoms with van der Waals surface area (Å²) in [5.74, 6) is -1.98. The second-order valence-corrected chi connectivity index (χ2v) is 10.4. The number of aromatic nitrogens is 2. The molecule has 12 heteroatoms. The van der Waals surface area contributed by atoms with Gasteiger partial charge in [0.05, 0.1) is 29.7 Å². The Morgan fingerprint density at radius 3 is 2.30 bits per heavy atom. The molecule has 5 N–H and O–H groups in total. The first-order valence-electron chi connectivity index (χ1n) is 13.0. The number of carbonyl (C=O) groups is 1. The van der Waals surface area contributed by atoms with Gasteiger partial charge in [-0.15, -0.1) is 0 Å². The number of halogens is 1. The maximum Gasteiger partial charge on any atom is 0.274 e. The Bertz CT molecular complexity index is 1320. The van der Waals surface area contributed by atoms with Crippen LogP contribution in [0.1, 0.15) is 36.6 Å². The molecule has 1 aliphatic rings. The number of likely N-dealkylation sites (tertiary alicyclic amines) is 1. The highest BCUT2D eigenvalue weighted by atomic mass is 35.5. The molecule has 0 spiro atoms. The van der Waals surface area contributed by atoms with Crippen LogP contribution in [-0.4, -0.2) is 97.3 Å². The zero-order valence-corrected chi connectivity index (χ0v) is 22.9. The van der Waals surface area contributed by atoms with Crippen molar-refractivity contribution in [2.45, 2.75) is 56.1 Å². The number of rotatable bonds is 8. The van der Waals surface area contributed by atoms with E-state index in [4.69, 9.17) is 42.2 Å². The molecular formula is C28H35ClN3O8-. The van der Waals surface area contributed by atoms with Crippen LogP contribution in [0, 0.1) is 0 Å². The second kappa shape index (κ2) is 14.6. The Labute approximate surface area is 236 Å². The molecule has 1 fully saturated rings. The molecule has 0 saturated carbocycles. The largest absolute Gasteiger partial charge is 0.547 e. The minimum atomic E-state index is -2.31. The third kappa shape index (κ3) is 8.07. The third-order valence-corrected chi connectivity index (χ3v) is 7.20. The van der Waals surface area contributed by atoms with Crippen LogP contribution in [0.15, 0.2) is 53.3 Å². The van der Waals surface area contributed by atoms with Crippen molar-refractivity contribution in [2.24, 2.45) is 0 Å². The van der Waals surface area contributed by atoms with Gasteiger partial charge < -0.3 is 40.3 Å². The lowest BCUT2D eigenvalue weighted by molar-refractivity contribution is -0.320. The minimum Gasteiger partial charge on any atom is -0.547 e. The number of carboxylic acids is 1. The molecule has 0 radical (unpaired) electrons. The second-order valence-electron chi connectivity index (χ2n) is 9.93. The summed E-state index contributed by atoms with van der Waals surface area (Å²) >= 11 is 6.02. The lowest BCUT2D eigenvalue weighted by Crippen LogP contribution is -2.52. The van der Waals surface area contributed by atoms with E-state index in [2.05, 4.69) is 11.9 Å². The van der Waals surface area contributed by atoms with E-state index in [0.29, 0.717) is 6.42 Å². The van der Waals surface area contributed by atoms with E-state index >= 15 is 0 Å². The van der Waals surface area contributed by atoms with Gasteiger partial charge in [0.25, 0.3) is 5.56 Å². The van der Waals surface area contributed by atoms with Crippen molar-refractivity contribution in [3.05, 3.63) is 75.2 Å². The van der Waals surface area contributed by atoms with Gasteiger partial charge in [0, 0.05) is 16.8 Å². The SMILES string of the molecule is CN1CCCC(n2nc(Cc3ccc(Cl)cc3)c3ccccc3c2=O)CC1.O=C([O-])[C@H](O)[C@@H](O)[C@H](O)[C@H](O)CO. The summed E-state index contributed by atoms with van der Waals surface area (Å²) in [6.45, 7) is 1.21. The molecule has 0 bridgehead atoms. The molecule has 40 heavy (non-hydrogen) atoms. The molecule has 0 amide bonds. The number of aliphatic carboxylic acids is 1. The number of fused-ring (bicyclic) bond motifs is 1. The van der Waals surface area contributed by atoms with Gasteiger partial charge in [-0.3, -0.25) is 4.79 Å². The van der Waals surface area contributed by atoms with E-state index in [0.717, 1.165) is 59.4 Å². The first kappa shape index (κ1) is 31.6. The van der Waals surface area contributed by atoms with Crippen molar-refractivity contribution in [3.8, 4) is 0 Å². The number of aliphatic hydroxyl groups is 5. The average Bonchev–Trinajstić information content (AvgIpc) is 3.18. The third-order valence-electron chi connectivity index (χ3n) is 6.95. The van der Waals surface area contributed by atoms with Gasteiger partial charge in [-0.05, 0) is 63.2 Å². The molecule has 218 valence electrons. The van der Waals surface area contributed by atoms with E-state index in [9.17, 15) is 14.7 Å². The predicted octanol–water partition coefficient (Wildman–Crippen LogP) is -0.530. The number of carbonyl (C=O) groups excluding carboxylic acids is 1. The monoisotopic (exact) mass is 576 g/mol. The Morgan fingerprint density at radius 1 is 1.02 bits per heavy atom. The first-order valence-corrected chi connectivity index (χ1v) is 13.4. The summed E-state index contributed by atoms with van der Waals surface area (Å²) < 4.78 is 1.76. The van der Waals surface area contributed by atoms with E-state index in [1.807, 2.05) is 48.5 Å². The molecule has 1 aromatic heterocycles. The van der Waals surface area contributed by atoms with Crippen molar-refractivity contribution in [3.63, 3.8) is 0 Å². The summed E-state index contributed by atoms with van der Waals surface area (Å²) in [7, 11) is 2.14. The molecule has 1 aliphatic heterocycles. The highest BCUT2D eigenvalue weighted by Crippen LogP contribution is 2.23. The van der Waals surface area contributed by atoms with Crippen LogP contribution in [0.4, 0.5) is 0 Å². The topological polar surface area (TPSA) is 179 Å². The molecule has 3 aromatic rings. The summed E-state index contributed by atoms with van der Waals surface area (Å²) in [4.78, 5) is 25.5. The maximum absolute atomic E-state index is 13.1. The van der Waals surface area contributed by atoms with Crippen molar-refractivity contribution in [1.82, 2.24) is 14.7 Å². The van der Waals surface area contributed by atoms with Crippen LogP contribution in [0.2, 0.25) is 5.02 Å². The van der Waals surface area contributed by atoms with Crippen molar-refractivity contribution < 1.29 is 35.4 Å². The standard InChI is InChI=1S/C22H24ClN3O.C6H12O7/c1-25-13-4-5-18(12-14-25)26-22(27)20-7-3-2-6-19(20)21(24-26)15-16-8-10-17(23)11-9-16;7-1-2(8)3(9)4(10)5(11)6(12)13/h2-3,6-11,18H,4-5,12-15H2,1H3;2-5,7-11H,1H2,(H,12,13)/p-1/t;2-,3-,4+,5-/m.1/s1. The minimum absolute atomic E-state index is 0.0278. The quantitative estimate of drug-likeness (QED) is 0.234. The maximum atomic E-state index is 13.1. The van der Waals surface area contributed by atoms with Gasteiger partial charge in [0.15, 0.2) is 0 Å². The lowest BCUT2D eigenvalue weighted by Gasteiger charge is -2.25. The number of nitrogens with zero attached hydrogens (tertiary/aromatic N) is 3. The van der Waals surface area contributed by atoms with Crippen LogP contribution < -0.4 is 10.7 Å². The van der Waals surface area contributed by atoms with Crippen LogP contribution in [0.3, 0.4) is 0 Å². The van der Waals surface area contributed by atoms with Crippen LogP contribution in [-0.2, 0) is 11.2 Å². The van der Waals surface area contributed by atoms with Gasteiger partial charge in [0.1, 0.15) is 24.4 Å². The summed E-state index contributed by atoms with van der Waals surface area (Å²) in [6, 6.07) is 15.8. The van der Waals surface area contributed by atoms with Crippen molar-refractivity contribution in [2.75, 3.05) is 26.7 Å². The van der Waals surface area contributed by atoms with Gasteiger partial charge in [-0.1, -0.05) is 41.9 Å². The molecule has 2 aromatic carbocycles.